The molecule has 0 amide bonds. The molecule has 0 aromatic heterocycles. The van der Waals surface area contributed by atoms with Gasteiger partial charge in [-0.3, -0.25) is 0 Å². The van der Waals surface area contributed by atoms with Gasteiger partial charge in [-0.2, -0.15) is 0 Å². The zero-order valence-corrected chi connectivity index (χ0v) is 11.7. The van der Waals surface area contributed by atoms with Crippen LogP contribution >= 0.6 is 31.9 Å². The molecule has 1 aromatic rings. The van der Waals surface area contributed by atoms with Crippen LogP contribution in [0.25, 0.3) is 0 Å². The summed E-state index contributed by atoms with van der Waals surface area (Å²) in [5.41, 5.74) is 11.2. The summed E-state index contributed by atoms with van der Waals surface area (Å²) in [4.78, 5) is 0. The summed E-state index contributed by atoms with van der Waals surface area (Å²) in [6.45, 7) is 0. The van der Waals surface area contributed by atoms with Crippen LogP contribution in [0, 0.1) is 0 Å². The fraction of sp³-hybridized carbons (Fsp3) is 0.111. The Hall–Kier alpha value is -1.08. The van der Waals surface area contributed by atoms with Crippen molar-refractivity contribution in [2.24, 2.45) is 16.6 Å². The highest BCUT2D eigenvalue weighted by Crippen LogP contribution is 2.31. The number of hydrogen-bond acceptors (Lipinski definition) is 2. The summed E-state index contributed by atoms with van der Waals surface area (Å²) >= 11 is 6.77. The quantitative estimate of drug-likeness (QED) is 0.404. The second-order valence-electron chi connectivity index (χ2n) is 2.82. The first-order valence-electron chi connectivity index (χ1n) is 4.25. The molecule has 0 unspecified atom stereocenters. The number of hydrogen-bond donors (Lipinski definition) is 3. The standard InChI is InChI=1S/C9H10Br2N4O/c1-16-8-5(4-14-15-9(12)13)2-6(10)3-7(8)11/h2-4H,1H3,(H4,12,13,15)/p+1/b14-4+. The summed E-state index contributed by atoms with van der Waals surface area (Å²) in [7, 11) is 1.59. The van der Waals surface area contributed by atoms with E-state index in [1.807, 2.05) is 12.1 Å². The number of methoxy groups -OCH3 is 1. The van der Waals surface area contributed by atoms with Crippen LogP contribution in [0.4, 0.5) is 0 Å². The zero-order chi connectivity index (χ0) is 12.1. The molecule has 1 rings (SSSR count). The molecule has 16 heavy (non-hydrogen) atoms. The maximum absolute atomic E-state index is 5.24. The number of rotatable bonds is 3. The minimum atomic E-state index is -0.0377. The molecule has 1 aromatic carbocycles. The first-order chi connectivity index (χ1) is 7.54. The summed E-state index contributed by atoms with van der Waals surface area (Å²) in [6.07, 6.45) is 1.63. The molecule has 7 heteroatoms. The Balaban J connectivity index is 3.12. The zero-order valence-electron chi connectivity index (χ0n) is 8.50. The second kappa shape index (κ2) is 5.86. The van der Waals surface area contributed by atoms with Crippen molar-refractivity contribution in [1.29, 1.82) is 0 Å². The average molecular weight is 351 g/mol. The molecule has 0 aliphatic rings. The smallest absolute Gasteiger partial charge is 0.256 e. The van der Waals surface area contributed by atoms with E-state index in [4.69, 9.17) is 16.2 Å². The van der Waals surface area contributed by atoms with E-state index in [-0.39, 0.29) is 5.96 Å². The van der Waals surface area contributed by atoms with Gasteiger partial charge in [0.1, 0.15) is 5.75 Å². The van der Waals surface area contributed by atoms with Crippen LogP contribution in [0.5, 0.6) is 5.75 Å². The van der Waals surface area contributed by atoms with Crippen molar-refractivity contribution in [2.45, 2.75) is 0 Å². The maximum Gasteiger partial charge on any atom is 0.256 e. The molecule has 0 bridgehead atoms. The van der Waals surface area contributed by atoms with E-state index in [0.717, 1.165) is 14.5 Å². The molecule has 0 atom stereocenters. The van der Waals surface area contributed by atoms with Gasteiger partial charge >= 0.3 is 0 Å². The fourth-order valence-electron chi connectivity index (χ4n) is 1.08. The predicted molar refractivity (Wildman–Crippen MR) is 70.3 cm³/mol. The molecule has 0 saturated carbocycles. The van der Waals surface area contributed by atoms with Crippen LogP contribution in [-0.2, 0) is 0 Å². The van der Waals surface area contributed by atoms with Gasteiger partial charge in [-0.15, -0.1) is 5.10 Å². The Morgan fingerprint density at radius 3 is 2.69 bits per heavy atom. The van der Waals surface area contributed by atoms with E-state index in [1.165, 1.54) is 0 Å². The molecule has 5 N–H and O–H groups in total. The van der Waals surface area contributed by atoms with E-state index < -0.39 is 0 Å². The van der Waals surface area contributed by atoms with Crippen LogP contribution in [-0.4, -0.2) is 19.3 Å². The first-order valence-corrected chi connectivity index (χ1v) is 5.83. The third-order valence-electron chi connectivity index (χ3n) is 1.65. The van der Waals surface area contributed by atoms with Crippen molar-refractivity contribution in [1.82, 2.24) is 0 Å². The molecule has 5 nitrogen and oxygen atoms in total. The molecular formula is C9H11Br2N4O+. The van der Waals surface area contributed by atoms with Crippen molar-refractivity contribution in [2.75, 3.05) is 7.11 Å². The van der Waals surface area contributed by atoms with E-state index in [2.05, 4.69) is 42.1 Å². The Bertz CT molecular complexity index is 441. The lowest BCUT2D eigenvalue weighted by molar-refractivity contribution is -0.456. The lowest BCUT2D eigenvalue weighted by Crippen LogP contribution is -2.63. The van der Waals surface area contributed by atoms with Crippen LogP contribution in [0.3, 0.4) is 0 Å². The number of halogens is 2. The Kier molecular flexibility index (Phi) is 4.75. The van der Waals surface area contributed by atoms with Crippen LogP contribution in [0.2, 0.25) is 0 Å². The van der Waals surface area contributed by atoms with Crippen molar-refractivity contribution in [3.8, 4) is 5.75 Å². The van der Waals surface area contributed by atoms with E-state index in [9.17, 15) is 0 Å². The molecule has 0 radical (unpaired) electrons. The topological polar surface area (TPSA) is 87.6 Å². The molecule has 0 heterocycles. The third kappa shape index (κ3) is 3.49. The third-order valence-corrected chi connectivity index (χ3v) is 2.70. The van der Waals surface area contributed by atoms with Crippen molar-refractivity contribution in [3.63, 3.8) is 0 Å². The van der Waals surface area contributed by atoms with Gasteiger partial charge in [-0.1, -0.05) is 15.9 Å². The van der Waals surface area contributed by atoms with E-state index >= 15 is 0 Å². The number of nitrogens with two attached hydrogens (primary N) is 2. The molecule has 86 valence electrons. The summed E-state index contributed by atoms with van der Waals surface area (Å²) in [6, 6.07) is 3.76. The van der Waals surface area contributed by atoms with E-state index in [0.29, 0.717) is 5.75 Å². The van der Waals surface area contributed by atoms with E-state index in [1.54, 1.807) is 13.3 Å². The van der Waals surface area contributed by atoms with Gasteiger partial charge in [-0.05, 0) is 28.1 Å². The summed E-state index contributed by atoms with van der Waals surface area (Å²) in [5.74, 6) is 0.658. The second-order valence-corrected chi connectivity index (χ2v) is 4.59. The van der Waals surface area contributed by atoms with Crippen LogP contribution < -0.4 is 21.3 Å². The van der Waals surface area contributed by atoms with Crippen molar-refractivity contribution in [3.05, 3.63) is 26.6 Å². The molecular weight excluding hydrogens is 340 g/mol. The summed E-state index contributed by atoms with van der Waals surface area (Å²) in [5, 5.41) is 6.26. The maximum atomic E-state index is 5.24. The van der Waals surface area contributed by atoms with Gasteiger partial charge in [0.05, 0.1) is 17.1 Å². The SMILES string of the molecule is COc1c(Br)cc(Br)cc1/C=[NH+]/N=C(N)N. The highest BCUT2D eigenvalue weighted by Gasteiger charge is 2.09. The highest BCUT2D eigenvalue weighted by molar-refractivity contribution is 9.11. The predicted octanol–water partition coefficient (Wildman–Crippen LogP) is -0.0919. The molecule has 0 aliphatic heterocycles. The van der Waals surface area contributed by atoms with Crippen LogP contribution in [0.1, 0.15) is 5.56 Å². The summed E-state index contributed by atoms with van der Waals surface area (Å²) < 4.78 is 6.99. The Morgan fingerprint density at radius 1 is 1.44 bits per heavy atom. The lowest BCUT2D eigenvalue weighted by atomic mass is 10.2. The highest BCUT2D eigenvalue weighted by atomic mass is 79.9. The number of nitrogens with zero attached hydrogens (tertiary/aromatic N) is 1. The number of ether oxygens (including phenoxy) is 1. The lowest BCUT2D eigenvalue weighted by Gasteiger charge is -2.05. The number of hydrazone groups is 1. The molecule has 0 saturated heterocycles. The van der Waals surface area contributed by atoms with Gasteiger partial charge in [-0.25, -0.2) is 0 Å². The van der Waals surface area contributed by atoms with Crippen molar-refractivity contribution >= 4 is 44.0 Å². The van der Waals surface area contributed by atoms with Gasteiger partial charge in [0.25, 0.3) is 5.96 Å². The van der Waals surface area contributed by atoms with Crippen molar-refractivity contribution < 1.29 is 9.84 Å². The Labute approximate surface area is 110 Å². The average Bonchev–Trinajstić information content (AvgIpc) is 2.16. The molecule has 0 spiro atoms. The number of guanidine groups is 1. The minimum absolute atomic E-state index is 0.0377. The van der Waals surface area contributed by atoms with Gasteiger partial charge in [0.2, 0.25) is 6.21 Å². The number of nitrogens with one attached hydrogen (secondary N) is 1. The number of benzene rings is 1. The Morgan fingerprint density at radius 2 is 2.12 bits per heavy atom. The molecule has 0 aliphatic carbocycles. The first kappa shape index (κ1) is 13.0. The largest absolute Gasteiger partial charge is 0.495 e. The fourth-order valence-corrected chi connectivity index (χ4v) is 2.50. The van der Waals surface area contributed by atoms with Gasteiger partial charge < -0.3 is 16.2 Å². The molecule has 0 fully saturated rings. The minimum Gasteiger partial charge on any atom is -0.495 e. The monoisotopic (exact) mass is 349 g/mol. The van der Waals surface area contributed by atoms with Crippen LogP contribution in [0.15, 0.2) is 26.2 Å². The normalized spacial score (nSPS) is 10.4. The van der Waals surface area contributed by atoms with Gasteiger partial charge in [0, 0.05) is 9.57 Å². The van der Waals surface area contributed by atoms with Gasteiger partial charge in [0.15, 0.2) is 0 Å².